The topological polar surface area (TPSA) is 23.8 Å². The van der Waals surface area contributed by atoms with Crippen molar-refractivity contribution in [1.29, 1.82) is 5.26 Å². The molecule has 1 aliphatic rings. The molecule has 0 aliphatic heterocycles. The van der Waals surface area contributed by atoms with Crippen molar-refractivity contribution in [1.82, 2.24) is 0 Å². The zero-order chi connectivity index (χ0) is 15.8. The van der Waals surface area contributed by atoms with Crippen LogP contribution < -0.4 is 0 Å². The van der Waals surface area contributed by atoms with E-state index in [0.717, 1.165) is 18.8 Å². The van der Waals surface area contributed by atoms with Crippen LogP contribution in [0.5, 0.6) is 0 Å². The van der Waals surface area contributed by atoms with Gasteiger partial charge in [-0.2, -0.15) is 5.26 Å². The highest BCUT2D eigenvalue weighted by Gasteiger charge is 2.31. The highest BCUT2D eigenvalue weighted by Crippen LogP contribution is 2.41. The van der Waals surface area contributed by atoms with Crippen LogP contribution in [0.1, 0.15) is 82.3 Å². The molecule has 1 heteroatoms. The fourth-order valence-electron chi connectivity index (χ4n) is 3.96. The number of benzene rings is 1. The van der Waals surface area contributed by atoms with Crippen LogP contribution in [-0.4, -0.2) is 0 Å². The summed E-state index contributed by atoms with van der Waals surface area (Å²) in [6.45, 7) is 4.48. The summed E-state index contributed by atoms with van der Waals surface area (Å²) < 4.78 is 0. The Bertz CT molecular complexity index is 468. The number of nitrogens with zero attached hydrogens (tertiary/aromatic N) is 1. The first-order chi connectivity index (χ1) is 10.8. The standard InChI is InChI=1S/C21H31N/c1-3-5-6-8-18-11-14-21(20(15-18)16-22)19-12-9-17(7-4-2)10-13-19/h9-10,12-13,18,20-21H,3-8,11,14-15H2,1-2H3. The fraction of sp³-hybridized carbons (Fsp3) is 0.667. The first kappa shape index (κ1) is 17.1. The third-order valence-corrected chi connectivity index (χ3v) is 5.29. The molecule has 2 rings (SSSR count). The Labute approximate surface area is 136 Å². The van der Waals surface area contributed by atoms with Crippen LogP contribution >= 0.6 is 0 Å². The Balaban J connectivity index is 1.95. The quantitative estimate of drug-likeness (QED) is 0.546. The molecular formula is C21H31N. The van der Waals surface area contributed by atoms with Crippen molar-refractivity contribution in [2.45, 2.75) is 77.6 Å². The van der Waals surface area contributed by atoms with E-state index in [1.807, 2.05) is 0 Å². The third-order valence-electron chi connectivity index (χ3n) is 5.29. The van der Waals surface area contributed by atoms with E-state index in [4.69, 9.17) is 0 Å². The van der Waals surface area contributed by atoms with Gasteiger partial charge in [0.1, 0.15) is 0 Å². The summed E-state index contributed by atoms with van der Waals surface area (Å²) >= 11 is 0. The Morgan fingerprint density at radius 2 is 1.82 bits per heavy atom. The molecule has 1 saturated carbocycles. The molecule has 1 aliphatic carbocycles. The summed E-state index contributed by atoms with van der Waals surface area (Å²) in [6, 6.07) is 11.7. The van der Waals surface area contributed by atoms with Crippen LogP contribution in [0.4, 0.5) is 0 Å². The van der Waals surface area contributed by atoms with Gasteiger partial charge in [0, 0.05) is 0 Å². The Kier molecular flexibility index (Phi) is 6.97. The Hall–Kier alpha value is -1.29. The van der Waals surface area contributed by atoms with Crippen molar-refractivity contribution in [2.24, 2.45) is 11.8 Å². The Morgan fingerprint density at radius 1 is 1.05 bits per heavy atom. The molecule has 0 spiro atoms. The van der Waals surface area contributed by atoms with Gasteiger partial charge in [0.2, 0.25) is 0 Å². The third kappa shape index (κ3) is 4.60. The maximum atomic E-state index is 9.60. The summed E-state index contributed by atoms with van der Waals surface area (Å²) in [7, 11) is 0. The second-order valence-electron chi connectivity index (χ2n) is 7.01. The monoisotopic (exact) mass is 297 g/mol. The number of rotatable bonds is 7. The summed E-state index contributed by atoms with van der Waals surface area (Å²) in [4.78, 5) is 0. The molecule has 3 unspecified atom stereocenters. The first-order valence-electron chi connectivity index (χ1n) is 9.26. The molecular weight excluding hydrogens is 266 g/mol. The second kappa shape index (κ2) is 8.99. The average molecular weight is 297 g/mol. The van der Waals surface area contributed by atoms with Gasteiger partial charge in [-0.15, -0.1) is 0 Å². The van der Waals surface area contributed by atoms with Gasteiger partial charge in [-0.05, 0) is 48.6 Å². The molecule has 0 bridgehead atoms. The molecule has 0 radical (unpaired) electrons. The van der Waals surface area contributed by atoms with E-state index in [-0.39, 0.29) is 5.92 Å². The largest absolute Gasteiger partial charge is 0.198 e. The lowest BCUT2D eigenvalue weighted by Crippen LogP contribution is -2.22. The molecule has 1 aromatic carbocycles. The zero-order valence-corrected chi connectivity index (χ0v) is 14.4. The molecule has 1 aromatic rings. The molecule has 1 nitrogen and oxygen atoms in total. The van der Waals surface area contributed by atoms with Crippen molar-refractivity contribution in [3.63, 3.8) is 0 Å². The van der Waals surface area contributed by atoms with Gasteiger partial charge in [-0.3, -0.25) is 0 Å². The van der Waals surface area contributed by atoms with Crippen molar-refractivity contribution < 1.29 is 0 Å². The maximum absolute atomic E-state index is 9.60. The molecule has 0 amide bonds. The molecule has 22 heavy (non-hydrogen) atoms. The molecule has 0 saturated heterocycles. The molecule has 0 N–H and O–H groups in total. The normalized spacial score (nSPS) is 24.9. The van der Waals surface area contributed by atoms with E-state index in [9.17, 15) is 5.26 Å². The van der Waals surface area contributed by atoms with Gasteiger partial charge in [-0.1, -0.05) is 70.2 Å². The van der Waals surface area contributed by atoms with Crippen LogP contribution in [0, 0.1) is 23.2 Å². The van der Waals surface area contributed by atoms with Gasteiger partial charge >= 0.3 is 0 Å². The minimum absolute atomic E-state index is 0.220. The van der Waals surface area contributed by atoms with E-state index in [1.165, 1.54) is 56.1 Å². The summed E-state index contributed by atoms with van der Waals surface area (Å²) in [5.41, 5.74) is 2.81. The smallest absolute Gasteiger partial charge is 0.0662 e. The van der Waals surface area contributed by atoms with Crippen LogP contribution in [0.25, 0.3) is 0 Å². The van der Waals surface area contributed by atoms with Crippen LogP contribution in [0.2, 0.25) is 0 Å². The van der Waals surface area contributed by atoms with Gasteiger partial charge in [0.15, 0.2) is 0 Å². The van der Waals surface area contributed by atoms with Crippen molar-refractivity contribution in [3.05, 3.63) is 35.4 Å². The molecule has 0 heterocycles. The van der Waals surface area contributed by atoms with Gasteiger partial charge < -0.3 is 0 Å². The Morgan fingerprint density at radius 3 is 2.45 bits per heavy atom. The lowest BCUT2D eigenvalue weighted by molar-refractivity contribution is 0.257. The van der Waals surface area contributed by atoms with Crippen LogP contribution in [-0.2, 0) is 6.42 Å². The minimum atomic E-state index is 0.220. The van der Waals surface area contributed by atoms with Crippen LogP contribution in [0.3, 0.4) is 0 Å². The second-order valence-corrected chi connectivity index (χ2v) is 7.01. The minimum Gasteiger partial charge on any atom is -0.198 e. The average Bonchev–Trinajstić information content (AvgIpc) is 2.56. The van der Waals surface area contributed by atoms with Crippen LogP contribution in [0.15, 0.2) is 24.3 Å². The predicted octanol–water partition coefficient (Wildman–Crippen LogP) is 6.24. The lowest BCUT2D eigenvalue weighted by atomic mass is 9.70. The van der Waals surface area contributed by atoms with E-state index >= 15 is 0 Å². The van der Waals surface area contributed by atoms with Gasteiger partial charge in [0.25, 0.3) is 0 Å². The molecule has 120 valence electrons. The molecule has 1 fully saturated rings. The van der Waals surface area contributed by atoms with Crippen molar-refractivity contribution in [2.75, 3.05) is 0 Å². The summed E-state index contributed by atoms with van der Waals surface area (Å²) in [6.07, 6.45) is 11.3. The predicted molar refractivity (Wildman–Crippen MR) is 93.8 cm³/mol. The fourth-order valence-corrected chi connectivity index (χ4v) is 3.96. The maximum Gasteiger partial charge on any atom is 0.0662 e. The zero-order valence-electron chi connectivity index (χ0n) is 14.4. The number of hydrogen-bond acceptors (Lipinski definition) is 1. The highest BCUT2D eigenvalue weighted by molar-refractivity contribution is 5.27. The highest BCUT2D eigenvalue weighted by atomic mass is 14.4. The number of aryl methyl sites for hydroxylation is 1. The molecule has 3 atom stereocenters. The SMILES string of the molecule is CCCCCC1CCC(c2ccc(CCC)cc2)C(C#N)C1. The lowest BCUT2D eigenvalue weighted by Gasteiger charge is -2.33. The number of nitriles is 1. The number of hydrogen-bond donors (Lipinski definition) is 0. The van der Waals surface area contributed by atoms with Crippen molar-refractivity contribution >= 4 is 0 Å². The van der Waals surface area contributed by atoms with Gasteiger partial charge in [0.05, 0.1) is 12.0 Å². The van der Waals surface area contributed by atoms with E-state index < -0.39 is 0 Å². The van der Waals surface area contributed by atoms with E-state index in [2.05, 4.69) is 44.2 Å². The van der Waals surface area contributed by atoms with Crippen molar-refractivity contribution in [3.8, 4) is 6.07 Å². The van der Waals surface area contributed by atoms with E-state index in [0.29, 0.717) is 5.92 Å². The summed E-state index contributed by atoms with van der Waals surface area (Å²) in [5.74, 6) is 1.47. The number of unbranched alkanes of at least 4 members (excludes halogenated alkanes) is 2. The van der Waals surface area contributed by atoms with E-state index in [1.54, 1.807) is 0 Å². The molecule has 0 aromatic heterocycles. The first-order valence-corrected chi connectivity index (χ1v) is 9.26. The van der Waals surface area contributed by atoms with Gasteiger partial charge in [-0.25, -0.2) is 0 Å². The summed E-state index contributed by atoms with van der Waals surface area (Å²) in [5, 5.41) is 9.60.